The van der Waals surface area contributed by atoms with Crippen LogP contribution >= 0.6 is 11.3 Å². The molecule has 2 aromatic rings. The van der Waals surface area contributed by atoms with Crippen molar-refractivity contribution < 1.29 is 9.90 Å². The number of rotatable bonds is 5. The summed E-state index contributed by atoms with van der Waals surface area (Å²) in [6.07, 6.45) is 0. The van der Waals surface area contributed by atoms with Crippen molar-refractivity contribution in [2.45, 2.75) is 39.2 Å². The van der Waals surface area contributed by atoms with E-state index in [1.165, 1.54) is 21.8 Å². The summed E-state index contributed by atoms with van der Waals surface area (Å²) in [6, 6.07) is 8.29. The molecule has 1 aromatic heterocycles. The maximum Gasteiger partial charge on any atom is 0.273 e. The summed E-state index contributed by atoms with van der Waals surface area (Å²) in [5.74, 6) is 0.321. The van der Waals surface area contributed by atoms with Crippen molar-refractivity contribution in [3.63, 3.8) is 0 Å². The summed E-state index contributed by atoms with van der Waals surface area (Å²) in [5.41, 5.74) is 1.80. The Labute approximate surface area is 141 Å². The van der Waals surface area contributed by atoms with E-state index in [2.05, 4.69) is 31.0 Å². The van der Waals surface area contributed by atoms with Crippen LogP contribution in [0.1, 0.15) is 49.7 Å². The molecule has 0 aliphatic rings. The van der Waals surface area contributed by atoms with Gasteiger partial charge < -0.3 is 10.0 Å². The molecular formula is C18H24N2O2S. The molecule has 23 heavy (non-hydrogen) atoms. The monoisotopic (exact) mass is 332 g/mol. The van der Waals surface area contributed by atoms with Gasteiger partial charge in [0.15, 0.2) is 0 Å². The van der Waals surface area contributed by atoms with Gasteiger partial charge in [0.05, 0.1) is 5.60 Å². The normalized spacial score (nSPS) is 11.8. The molecule has 1 N–H and O–H groups in total. The molecule has 1 amide bonds. The minimum Gasteiger partial charge on any atom is -0.389 e. The predicted octanol–water partition coefficient (Wildman–Crippen LogP) is 3.78. The fourth-order valence-electron chi connectivity index (χ4n) is 2.36. The van der Waals surface area contributed by atoms with E-state index in [0.29, 0.717) is 11.6 Å². The number of likely N-dealkylation sites (N-methyl/N-ethyl adjacent to an activating group) is 1. The number of hydrogen-bond donors (Lipinski definition) is 1. The summed E-state index contributed by atoms with van der Waals surface area (Å²) in [7, 11) is 1.68. The highest BCUT2D eigenvalue weighted by atomic mass is 32.1. The van der Waals surface area contributed by atoms with Crippen LogP contribution in [0.15, 0.2) is 29.6 Å². The van der Waals surface area contributed by atoms with Gasteiger partial charge in [0, 0.05) is 24.5 Å². The summed E-state index contributed by atoms with van der Waals surface area (Å²) >= 11 is 1.46. The topological polar surface area (TPSA) is 53.4 Å². The lowest BCUT2D eigenvalue weighted by molar-refractivity contribution is 0.0365. The Balaban J connectivity index is 2.15. The number of hydrogen-bond acceptors (Lipinski definition) is 4. The molecule has 2 rings (SSSR count). The molecule has 1 aromatic carbocycles. The second kappa shape index (κ2) is 6.81. The average molecular weight is 332 g/mol. The van der Waals surface area contributed by atoms with Gasteiger partial charge in [-0.1, -0.05) is 38.1 Å². The second-order valence-corrected chi connectivity index (χ2v) is 7.65. The van der Waals surface area contributed by atoms with Crippen molar-refractivity contribution in [1.29, 1.82) is 0 Å². The molecule has 124 valence electrons. The lowest BCUT2D eigenvalue weighted by atomic mass is 10.0. The van der Waals surface area contributed by atoms with Gasteiger partial charge in [-0.25, -0.2) is 4.98 Å². The third-order valence-electron chi connectivity index (χ3n) is 3.52. The van der Waals surface area contributed by atoms with Gasteiger partial charge in [0.1, 0.15) is 10.7 Å². The number of carbonyl (C=O) groups excluding carboxylic acids is 1. The number of thiazole rings is 1. The van der Waals surface area contributed by atoms with Crippen LogP contribution in [0.3, 0.4) is 0 Å². The number of aliphatic hydroxyl groups is 1. The van der Waals surface area contributed by atoms with Crippen molar-refractivity contribution in [3.8, 4) is 10.6 Å². The first-order chi connectivity index (χ1) is 10.7. The first-order valence-electron chi connectivity index (χ1n) is 7.71. The van der Waals surface area contributed by atoms with Crippen LogP contribution in [0, 0.1) is 0 Å². The molecule has 0 unspecified atom stereocenters. The van der Waals surface area contributed by atoms with Crippen molar-refractivity contribution in [2.24, 2.45) is 0 Å². The Hall–Kier alpha value is -1.72. The Morgan fingerprint density at radius 2 is 1.91 bits per heavy atom. The van der Waals surface area contributed by atoms with Crippen LogP contribution in [0.25, 0.3) is 10.6 Å². The standard InChI is InChI=1S/C18H24N2O2S/c1-12(2)13-6-8-14(9-7-13)16-19-15(10-23-16)17(21)20(5)11-18(3,4)22/h6-10,12,22H,11H2,1-5H3. The van der Waals surface area contributed by atoms with E-state index in [4.69, 9.17) is 0 Å². The Kier molecular flexibility index (Phi) is 5.22. The molecule has 1 heterocycles. The number of amides is 1. The molecule has 5 heteroatoms. The molecular weight excluding hydrogens is 308 g/mol. The lowest BCUT2D eigenvalue weighted by Crippen LogP contribution is -2.39. The predicted molar refractivity (Wildman–Crippen MR) is 94.9 cm³/mol. The Bertz CT molecular complexity index is 669. The molecule has 0 fully saturated rings. The van der Waals surface area contributed by atoms with E-state index in [1.807, 2.05) is 12.1 Å². The number of aromatic nitrogens is 1. The molecule has 0 saturated carbocycles. The van der Waals surface area contributed by atoms with Crippen molar-refractivity contribution in [2.75, 3.05) is 13.6 Å². The SMILES string of the molecule is CC(C)c1ccc(-c2nc(C(=O)N(C)CC(C)(C)O)cs2)cc1. The molecule has 0 radical (unpaired) electrons. The van der Waals surface area contributed by atoms with Crippen LogP contribution in [0.2, 0.25) is 0 Å². The zero-order valence-corrected chi connectivity index (χ0v) is 15.1. The van der Waals surface area contributed by atoms with E-state index in [1.54, 1.807) is 26.3 Å². The summed E-state index contributed by atoms with van der Waals surface area (Å²) in [5, 5.41) is 12.4. The summed E-state index contributed by atoms with van der Waals surface area (Å²) in [4.78, 5) is 18.3. The number of nitrogens with zero attached hydrogens (tertiary/aromatic N) is 2. The summed E-state index contributed by atoms with van der Waals surface area (Å²) < 4.78 is 0. The number of benzene rings is 1. The molecule has 0 saturated heterocycles. The number of carbonyl (C=O) groups is 1. The minimum absolute atomic E-state index is 0.173. The second-order valence-electron chi connectivity index (χ2n) is 6.79. The molecule has 0 bridgehead atoms. The van der Waals surface area contributed by atoms with Crippen LogP contribution in [0.4, 0.5) is 0 Å². The van der Waals surface area contributed by atoms with Gasteiger partial charge in [-0.3, -0.25) is 4.79 Å². The first kappa shape index (κ1) is 17.6. The maximum atomic E-state index is 12.4. The smallest absolute Gasteiger partial charge is 0.273 e. The molecule has 0 spiro atoms. The van der Waals surface area contributed by atoms with Crippen LogP contribution in [-0.4, -0.2) is 40.1 Å². The van der Waals surface area contributed by atoms with Crippen molar-refractivity contribution in [1.82, 2.24) is 9.88 Å². The Morgan fingerprint density at radius 1 is 1.30 bits per heavy atom. The zero-order chi connectivity index (χ0) is 17.2. The highest BCUT2D eigenvalue weighted by Gasteiger charge is 2.22. The van der Waals surface area contributed by atoms with Crippen LogP contribution in [-0.2, 0) is 0 Å². The largest absolute Gasteiger partial charge is 0.389 e. The average Bonchev–Trinajstić information content (AvgIpc) is 2.94. The lowest BCUT2D eigenvalue weighted by Gasteiger charge is -2.24. The van der Waals surface area contributed by atoms with E-state index in [-0.39, 0.29) is 12.5 Å². The van der Waals surface area contributed by atoms with Gasteiger partial charge in [-0.15, -0.1) is 11.3 Å². The maximum absolute atomic E-state index is 12.4. The summed E-state index contributed by atoms with van der Waals surface area (Å²) in [6.45, 7) is 7.95. The molecule has 4 nitrogen and oxygen atoms in total. The third-order valence-corrected chi connectivity index (χ3v) is 4.41. The minimum atomic E-state index is -0.921. The van der Waals surface area contributed by atoms with Gasteiger partial charge in [0.2, 0.25) is 0 Å². The van der Waals surface area contributed by atoms with Crippen LogP contribution in [0.5, 0.6) is 0 Å². The van der Waals surface area contributed by atoms with Gasteiger partial charge in [-0.05, 0) is 25.3 Å². The van der Waals surface area contributed by atoms with E-state index < -0.39 is 5.60 Å². The Morgan fingerprint density at radius 3 is 2.43 bits per heavy atom. The van der Waals surface area contributed by atoms with E-state index >= 15 is 0 Å². The fourth-order valence-corrected chi connectivity index (χ4v) is 3.16. The van der Waals surface area contributed by atoms with Gasteiger partial charge in [-0.2, -0.15) is 0 Å². The van der Waals surface area contributed by atoms with Gasteiger partial charge in [0.25, 0.3) is 5.91 Å². The van der Waals surface area contributed by atoms with Crippen molar-refractivity contribution in [3.05, 3.63) is 40.9 Å². The molecule has 0 aliphatic heterocycles. The quantitative estimate of drug-likeness (QED) is 0.906. The van der Waals surface area contributed by atoms with Crippen molar-refractivity contribution >= 4 is 17.2 Å². The van der Waals surface area contributed by atoms with E-state index in [0.717, 1.165) is 10.6 Å². The first-order valence-corrected chi connectivity index (χ1v) is 8.59. The highest BCUT2D eigenvalue weighted by molar-refractivity contribution is 7.13. The zero-order valence-electron chi connectivity index (χ0n) is 14.3. The van der Waals surface area contributed by atoms with E-state index in [9.17, 15) is 9.90 Å². The van der Waals surface area contributed by atoms with Gasteiger partial charge >= 0.3 is 0 Å². The fraction of sp³-hybridized carbons (Fsp3) is 0.444. The molecule has 0 atom stereocenters. The highest BCUT2D eigenvalue weighted by Crippen LogP contribution is 2.26. The third kappa shape index (κ3) is 4.62. The van der Waals surface area contributed by atoms with Crippen LogP contribution < -0.4 is 0 Å². The molecule has 0 aliphatic carbocycles.